The van der Waals surface area contributed by atoms with Crippen LogP contribution in [0.2, 0.25) is 0 Å². The molecule has 1 unspecified atom stereocenters. The molecule has 0 fully saturated rings. The van der Waals surface area contributed by atoms with Crippen LogP contribution in [0.15, 0.2) is 88.7 Å². The van der Waals surface area contributed by atoms with E-state index in [0.29, 0.717) is 0 Å². The number of benzene rings is 3. The molecule has 0 amide bonds. The van der Waals surface area contributed by atoms with Crippen LogP contribution in [0.3, 0.4) is 0 Å². The van der Waals surface area contributed by atoms with Crippen molar-refractivity contribution >= 4 is 10.8 Å². The van der Waals surface area contributed by atoms with Crippen molar-refractivity contribution in [3.8, 4) is 0 Å². The molecule has 0 saturated heterocycles. The summed E-state index contributed by atoms with van der Waals surface area (Å²) in [5.41, 5.74) is 2.92. The molecule has 25 heavy (non-hydrogen) atoms. The summed E-state index contributed by atoms with van der Waals surface area (Å²) in [6, 6.07) is 25.0. The van der Waals surface area contributed by atoms with Gasteiger partial charge in [-0.3, -0.25) is 0 Å². The zero-order valence-corrected chi connectivity index (χ0v) is 15.2. The van der Waals surface area contributed by atoms with Crippen molar-refractivity contribution < 1.29 is 9.32 Å². The third-order valence-corrected chi connectivity index (χ3v) is 5.93. The minimum Gasteiger partial charge on any atom is -0.388 e. The molecule has 0 heterocycles. The second-order valence-corrected chi connectivity index (χ2v) is 7.71. The van der Waals surface area contributed by atoms with Crippen LogP contribution in [0, 0.1) is 6.92 Å². The van der Waals surface area contributed by atoms with Crippen LogP contribution in [0.25, 0.3) is 0 Å². The van der Waals surface area contributed by atoms with Gasteiger partial charge >= 0.3 is 0 Å². The quantitative estimate of drug-likeness (QED) is 0.703. The summed E-state index contributed by atoms with van der Waals surface area (Å²) in [7, 11) is -1.27. The highest BCUT2D eigenvalue weighted by atomic mass is 32.2. The number of aliphatic hydroxyl groups is 1. The first kappa shape index (κ1) is 17.6. The lowest BCUT2D eigenvalue weighted by atomic mass is 9.91. The largest absolute Gasteiger partial charge is 0.388 e. The van der Waals surface area contributed by atoms with Gasteiger partial charge in [0.2, 0.25) is 0 Å². The molecular formula is C22H22O2S. The minimum atomic E-state index is -1.27. The monoisotopic (exact) mass is 350 g/mol. The summed E-state index contributed by atoms with van der Waals surface area (Å²) in [6.07, 6.45) is -0.641. The molecule has 0 aromatic heterocycles. The Kier molecular flexibility index (Phi) is 5.47. The van der Waals surface area contributed by atoms with Crippen LogP contribution in [0.1, 0.15) is 35.6 Å². The second-order valence-electron chi connectivity index (χ2n) is 6.26. The highest BCUT2D eigenvalue weighted by molar-refractivity contribution is 7.85. The Labute approximate surface area is 151 Å². The Morgan fingerprint density at radius 2 is 1.44 bits per heavy atom. The van der Waals surface area contributed by atoms with Crippen molar-refractivity contribution in [2.75, 3.05) is 0 Å². The van der Waals surface area contributed by atoms with E-state index in [0.717, 1.165) is 26.5 Å². The zero-order valence-electron chi connectivity index (χ0n) is 14.4. The zero-order chi connectivity index (χ0) is 17.8. The maximum absolute atomic E-state index is 13.1. The Balaban J connectivity index is 1.95. The molecule has 0 spiro atoms. The molecule has 0 aliphatic heterocycles. The number of aryl methyl sites for hydroxylation is 1. The molecule has 0 saturated carbocycles. The highest BCUT2D eigenvalue weighted by Crippen LogP contribution is 2.34. The van der Waals surface area contributed by atoms with E-state index in [9.17, 15) is 9.32 Å². The first-order valence-electron chi connectivity index (χ1n) is 8.38. The smallest absolute Gasteiger partial charge is 0.0856 e. The van der Waals surface area contributed by atoms with E-state index < -0.39 is 16.9 Å². The fraction of sp³-hybridized carbons (Fsp3) is 0.182. The van der Waals surface area contributed by atoms with E-state index >= 15 is 0 Å². The van der Waals surface area contributed by atoms with Crippen LogP contribution in [-0.2, 0) is 10.8 Å². The summed E-state index contributed by atoms with van der Waals surface area (Å²) < 4.78 is 13.1. The van der Waals surface area contributed by atoms with Gasteiger partial charge in [0.25, 0.3) is 0 Å². The van der Waals surface area contributed by atoms with Crippen molar-refractivity contribution in [3.63, 3.8) is 0 Å². The second kappa shape index (κ2) is 7.77. The first-order chi connectivity index (χ1) is 12.1. The topological polar surface area (TPSA) is 37.3 Å². The summed E-state index contributed by atoms with van der Waals surface area (Å²) in [4.78, 5) is 1.54. The van der Waals surface area contributed by atoms with Crippen LogP contribution >= 0.6 is 0 Å². The SMILES string of the molecule is Cc1ccc(S(=O)c2ccccc2[C@H](C)[C@H](O)c2ccccc2)cc1. The maximum atomic E-state index is 13.1. The van der Waals surface area contributed by atoms with Gasteiger partial charge in [-0.25, -0.2) is 4.21 Å². The molecular weight excluding hydrogens is 328 g/mol. The average molecular weight is 350 g/mol. The van der Waals surface area contributed by atoms with Gasteiger partial charge in [-0.05, 0) is 36.2 Å². The van der Waals surface area contributed by atoms with Crippen molar-refractivity contribution in [1.82, 2.24) is 0 Å². The third kappa shape index (κ3) is 3.89. The van der Waals surface area contributed by atoms with E-state index in [-0.39, 0.29) is 5.92 Å². The normalized spacial score (nSPS) is 14.7. The number of hydrogen-bond donors (Lipinski definition) is 1. The predicted molar refractivity (Wildman–Crippen MR) is 102 cm³/mol. The van der Waals surface area contributed by atoms with E-state index in [1.807, 2.05) is 92.7 Å². The van der Waals surface area contributed by atoms with Gasteiger partial charge in [-0.15, -0.1) is 0 Å². The van der Waals surface area contributed by atoms with E-state index in [1.165, 1.54) is 0 Å². The van der Waals surface area contributed by atoms with Crippen molar-refractivity contribution in [3.05, 3.63) is 95.6 Å². The van der Waals surface area contributed by atoms with Crippen LogP contribution in [0.5, 0.6) is 0 Å². The lowest BCUT2D eigenvalue weighted by Crippen LogP contribution is -2.10. The molecule has 0 aliphatic carbocycles. The molecule has 128 valence electrons. The van der Waals surface area contributed by atoms with Gasteiger partial charge in [0.15, 0.2) is 0 Å². The summed E-state index contributed by atoms with van der Waals surface area (Å²) >= 11 is 0. The number of rotatable bonds is 5. The average Bonchev–Trinajstić information content (AvgIpc) is 2.67. The molecule has 3 atom stereocenters. The molecule has 3 aromatic rings. The van der Waals surface area contributed by atoms with Gasteiger partial charge in [-0.2, -0.15) is 0 Å². The summed E-state index contributed by atoms with van der Waals surface area (Å²) in [5, 5.41) is 10.8. The maximum Gasteiger partial charge on any atom is 0.0856 e. The lowest BCUT2D eigenvalue weighted by Gasteiger charge is -2.22. The number of aliphatic hydroxyl groups excluding tert-OH is 1. The van der Waals surface area contributed by atoms with Crippen LogP contribution < -0.4 is 0 Å². The van der Waals surface area contributed by atoms with Gasteiger partial charge < -0.3 is 5.11 Å². The lowest BCUT2D eigenvalue weighted by molar-refractivity contribution is 0.150. The van der Waals surface area contributed by atoms with Gasteiger partial charge in [0.1, 0.15) is 0 Å². The van der Waals surface area contributed by atoms with Gasteiger partial charge in [0, 0.05) is 15.7 Å². The Morgan fingerprint density at radius 3 is 2.12 bits per heavy atom. The molecule has 0 aliphatic rings. The summed E-state index contributed by atoms with van der Waals surface area (Å²) in [6.45, 7) is 3.99. The molecule has 2 nitrogen and oxygen atoms in total. The van der Waals surface area contributed by atoms with E-state index in [4.69, 9.17) is 0 Å². The predicted octanol–water partition coefficient (Wildman–Crippen LogP) is 5.00. The molecule has 1 N–H and O–H groups in total. The minimum absolute atomic E-state index is 0.159. The Bertz CT molecular complexity index is 857. The third-order valence-electron chi connectivity index (χ3n) is 4.46. The standard InChI is InChI=1S/C22H22O2S/c1-16-12-14-19(15-13-16)25(24)21-11-7-6-10-20(21)17(2)22(23)18-8-4-3-5-9-18/h3-15,17,22-23H,1-2H3/t17-,22-,25?/m0/s1. The Morgan fingerprint density at radius 1 is 0.840 bits per heavy atom. The Hall–Kier alpha value is -2.23. The molecule has 3 rings (SSSR count). The molecule has 3 aromatic carbocycles. The fourth-order valence-electron chi connectivity index (χ4n) is 2.92. The van der Waals surface area contributed by atoms with Crippen LogP contribution in [0.4, 0.5) is 0 Å². The number of hydrogen-bond acceptors (Lipinski definition) is 2. The first-order valence-corrected chi connectivity index (χ1v) is 9.53. The van der Waals surface area contributed by atoms with Crippen LogP contribution in [-0.4, -0.2) is 9.32 Å². The highest BCUT2D eigenvalue weighted by Gasteiger charge is 2.23. The summed E-state index contributed by atoms with van der Waals surface area (Å²) in [5.74, 6) is -0.159. The fourth-order valence-corrected chi connectivity index (χ4v) is 4.23. The molecule has 0 radical (unpaired) electrons. The van der Waals surface area contributed by atoms with Crippen molar-refractivity contribution in [2.24, 2.45) is 0 Å². The van der Waals surface area contributed by atoms with E-state index in [1.54, 1.807) is 0 Å². The van der Waals surface area contributed by atoms with Gasteiger partial charge in [-0.1, -0.05) is 73.2 Å². The van der Waals surface area contributed by atoms with Crippen molar-refractivity contribution in [1.29, 1.82) is 0 Å². The van der Waals surface area contributed by atoms with Crippen molar-refractivity contribution in [2.45, 2.75) is 35.7 Å². The molecule has 3 heteroatoms. The molecule has 0 bridgehead atoms. The van der Waals surface area contributed by atoms with E-state index in [2.05, 4.69) is 0 Å². The van der Waals surface area contributed by atoms with Gasteiger partial charge in [0.05, 0.1) is 16.9 Å².